The Morgan fingerprint density at radius 3 is 2.71 bits per heavy atom. The molecule has 0 aromatic heterocycles. The fraction of sp³-hybridized carbons (Fsp3) is 0.462. The van der Waals surface area contributed by atoms with Gasteiger partial charge in [0.1, 0.15) is 5.69 Å². The maximum absolute atomic E-state index is 13.6. The minimum absolute atomic E-state index is 0.112. The highest BCUT2D eigenvalue weighted by atomic mass is 19.1. The molecule has 0 bridgehead atoms. The molecule has 0 saturated carbocycles. The van der Waals surface area contributed by atoms with E-state index in [4.69, 9.17) is 4.74 Å². The number of ether oxygens (including phenoxy) is 1. The van der Waals surface area contributed by atoms with Crippen molar-refractivity contribution in [1.82, 2.24) is 0 Å². The number of aliphatic carboxylic acids is 1. The second kappa shape index (κ2) is 5.19. The van der Waals surface area contributed by atoms with Crippen LogP contribution in [0.4, 0.5) is 15.8 Å². The van der Waals surface area contributed by atoms with Crippen molar-refractivity contribution in [3.05, 3.63) is 28.1 Å². The van der Waals surface area contributed by atoms with Gasteiger partial charge in [0.05, 0.1) is 23.5 Å². The number of carbonyl (C=O) groups is 1. The minimum Gasteiger partial charge on any atom is -0.494 e. The Morgan fingerprint density at radius 2 is 2.24 bits per heavy atom. The molecule has 1 heterocycles. The molecule has 0 radical (unpaired) electrons. The Balaban J connectivity index is 2.44. The summed E-state index contributed by atoms with van der Waals surface area (Å²) in [5.74, 6) is -1.89. The molecule has 0 amide bonds. The van der Waals surface area contributed by atoms with E-state index in [-0.39, 0.29) is 18.0 Å². The molecule has 1 fully saturated rings. The quantitative estimate of drug-likeness (QED) is 0.675. The van der Waals surface area contributed by atoms with Gasteiger partial charge in [0, 0.05) is 19.2 Å². The fourth-order valence-electron chi connectivity index (χ4n) is 2.43. The van der Waals surface area contributed by atoms with Gasteiger partial charge in [0.15, 0.2) is 11.6 Å². The first-order valence-electron chi connectivity index (χ1n) is 6.29. The zero-order valence-electron chi connectivity index (χ0n) is 11.6. The van der Waals surface area contributed by atoms with Crippen LogP contribution in [0.5, 0.6) is 5.75 Å². The molecule has 8 heteroatoms. The van der Waals surface area contributed by atoms with Gasteiger partial charge in [-0.25, -0.2) is 4.39 Å². The van der Waals surface area contributed by atoms with Crippen molar-refractivity contribution in [1.29, 1.82) is 0 Å². The van der Waals surface area contributed by atoms with Gasteiger partial charge >= 0.3 is 5.97 Å². The molecule has 0 aliphatic carbocycles. The lowest BCUT2D eigenvalue weighted by Gasteiger charge is -2.22. The Kier molecular flexibility index (Phi) is 3.71. The molecule has 2 rings (SSSR count). The molecular formula is C13H15FN2O5. The predicted molar refractivity (Wildman–Crippen MR) is 72.2 cm³/mol. The van der Waals surface area contributed by atoms with Crippen molar-refractivity contribution in [3.8, 4) is 5.75 Å². The highest BCUT2D eigenvalue weighted by Crippen LogP contribution is 2.40. The zero-order valence-corrected chi connectivity index (χ0v) is 11.6. The molecule has 1 aromatic rings. The number of anilines is 1. The summed E-state index contributed by atoms with van der Waals surface area (Å²) in [4.78, 5) is 23.2. The Labute approximate surface area is 120 Å². The third-order valence-electron chi connectivity index (χ3n) is 3.78. The maximum atomic E-state index is 13.6. The van der Waals surface area contributed by atoms with E-state index in [1.165, 1.54) is 13.2 Å². The molecule has 114 valence electrons. The maximum Gasteiger partial charge on any atom is 0.311 e. The first-order chi connectivity index (χ1) is 9.78. The van der Waals surface area contributed by atoms with Gasteiger partial charge in [-0.15, -0.1) is 0 Å². The van der Waals surface area contributed by atoms with Gasteiger partial charge in [-0.2, -0.15) is 0 Å². The number of methoxy groups -OCH3 is 1. The Bertz CT molecular complexity index is 606. The molecule has 1 aromatic carbocycles. The summed E-state index contributed by atoms with van der Waals surface area (Å²) in [6.45, 7) is 2.05. The molecule has 1 atom stereocenters. The molecule has 1 aliphatic heterocycles. The largest absolute Gasteiger partial charge is 0.494 e. The number of halogens is 1. The van der Waals surface area contributed by atoms with Crippen molar-refractivity contribution in [2.45, 2.75) is 13.3 Å². The molecule has 7 nitrogen and oxygen atoms in total. The molecule has 1 aliphatic rings. The topological polar surface area (TPSA) is 92.9 Å². The minimum atomic E-state index is -0.977. The van der Waals surface area contributed by atoms with Gasteiger partial charge < -0.3 is 14.7 Å². The van der Waals surface area contributed by atoms with E-state index in [0.29, 0.717) is 13.0 Å². The fourth-order valence-corrected chi connectivity index (χ4v) is 2.43. The van der Waals surface area contributed by atoms with Crippen LogP contribution in [-0.4, -0.2) is 36.2 Å². The van der Waals surface area contributed by atoms with Gasteiger partial charge in [0.25, 0.3) is 5.69 Å². The van der Waals surface area contributed by atoms with Crippen LogP contribution in [0.15, 0.2) is 12.1 Å². The van der Waals surface area contributed by atoms with Gasteiger partial charge in [-0.1, -0.05) is 0 Å². The van der Waals surface area contributed by atoms with Crippen molar-refractivity contribution in [2.75, 3.05) is 25.1 Å². The summed E-state index contributed by atoms with van der Waals surface area (Å²) in [5, 5.41) is 20.3. The smallest absolute Gasteiger partial charge is 0.311 e. The standard InChI is InChI=1S/C13H15FN2O5/c1-13(12(17)18)3-4-15(7-13)9-6-11(21-2)8(14)5-10(9)16(19)20/h5-6H,3-4,7H2,1-2H3,(H,17,18). The first-order valence-corrected chi connectivity index (χ1v) is 6.29. The monoisotopic (exact) mass is 298 g/mol. The van der Waals surface area contributed by atoms with Crippen molar-refractivity contribution in [2.24, 2.45) is 5.41 Å². The summed E-state index contributed by atoms with van der Waals surface area (Å²) < 4.78 is 18.5. The van der Waals surface area contributed by atoms with E-state index in [1.54, 1.807) is 11.8 Å². The van der Waals surface area contributed by atoms with Crippen LogP contribution in [-0.2, 0) is 4.79 Å². The van der Waals surface area contributed by atoms with E-state index < -0.39 is 27.8 Å². The van der Waals surface area contributed by atoms with Crippen LogP contribution in [0, 0.1) is 21.3 Å². The average molecular weight is 298 g/mol. The van der Waals surface area contributed by atoms with Crippen LogP contribution < -0.4 is 9.64 Å². The predicted octanol–water partition coefficient (Wildman–Crippen LogP) is 2.04. The van der Waals surface area contributed by atoms with Gasteiger partial charge in [-0.3, -0.25) is 14.9 Å². The van der Waals surface area contributed by atoms with E-state index in [2.05, 4.69) is 0 Å². The average Bonchev–Trinajstić information content (AvgIpc) is 2.82. The number of benzene rings is 1. The number of nitrogens with zero attached hydrogens (tertiary/aromatic N) is 2. The first kappa shape index (κ1) is 15.0. The SMILES string of the molecule is COc1cc(N2CCC(C)(C(=O)O)C2)c([N+](=O)[O-])cc1F. The number of carboxylic acid groups (broad SMARTS) is 1. The van der Waals surface area contributed by atoms with Crippen LogP contribution in [0.3, 0.4) is 0 Å². The number of nitro groups is 1. The zero-order chi connectivity index (χ0) is 15.8. The highest BCUT2D eigenvalue weighted by molar-refractivity contribution is 5.77. The van der Waals surface area contributed by atoms with E-state index in [9.17, 15) is 24.4 Å². The summed E-state index contributed by atoms with van der Waals surface area (Å²) in [7, 11) is 1.26. The van der Waals surface area contributed by atoms with Crippen LogP contribution >= 0.6 is 0 Å². The lowest BCUT2D eigenvalue weighted by molar-refractivity contribution is -0.384. The van der Waals surface area contributed by atoms with Crippen LogP contribution in [0.2, 0.25) is 0 Å². The molecule has 1 unspecified atom stereocenters. The Hall–Kier alpha value is -2.38. The Morgan fingerprint density at radius 1 is 1.57 bits per heavy atom. The molecule has 0 spiro atoms. The molecule has 21 heavy (non-hydrogen) atoms. The number of hydrogen-bond acceptors (Lipinski definition) is 5. The number of nitro benzene ring substituents is 1. The number of rotatable bonds is 4. The summed E-state index contributed by atoms with van der Waals surface area (Å²) >= 11 is 0. The molecular weight excluding hydrogens is 283 g/mol. The highest BCUT2D eigenvalue weighted by Gasteiger charge is 2.42. The lowest BCUT2D eigenvalue weighted by atomic mass is 9.90. The summed E-state index contributed by atoms with van der Waals surface area (Å²) in [6.07, 6.45) is 0.360. The van der Waals surface area contributed by atoms with Crippen molar-refractivity contribution < 1.29 is 24.0 Å². The van der Waals surface area contributed by atoms with E-state index >= 15 is 0 Å². The number of carboxylic acids is 1. The van der Waals surface area contributed by atoms with Gasteiger partial charge in [-0.05, 0) is 13.3 Å². The van der Waals surface area contributed by atoms with E-state index in [0.717, 1.165) is 6.07 Å². The second-order valence-corrected chi connectivity index (χ2v) is 5.27. The van der Waals surface area contributed by atoms with Crippen LogP contribution in [0.25, 0.3) is 0 Å². The molecule has 1 saturated heterocycles. The summed E-state index contributed by atoms with van der Waals surface area (Å²) in [5.41, 5.74) is -1.21. The van der Waals surface area contributed by atoms with Gasteiger partial charge in [0.2, 0.25) is 0 Å². The second-order valence-electron chi connectivity index (χ2n) is 5.27. The third kappa shape index (κ3) is 2.61. The summed E-state index contributed by atoms with van der Waals surface area (Å²) in [6, 6.07) is 2.03. The van der Waals surface area contributed by atoms with Crippen LogP contribution in [0.1, 0.15) is 13.3 Å². The molecule has 1 N–H and O–H groups in total. The third-order valence-corrected chi connectivity index (χ3v) is 3.78. The lowest BCUT2D eigenvalue weighted by Crippen LogP contribution is -2.31. The van der Waals surface area contributed by atoms with Crippen molar-refractivity contribution >= 4 is 17.3 Å². The van der Waals surface area contributed by atoms with Crippen molar-refractivity contribution in [3.63, 3.8) is 0 Å². The van der Waals surface area contributed by atoms with E-state index in [1.807, 2.05) is 0 Å². The normalized spacial score (nSPS) is 21.4. The number of hydrogen-bond donors (Lipinski definition) is 1.